The minimum Gasteiger partial charge on any atom is -0.497 e. The van der Waals surface area contributed by atoms with E-state index >= 15 is 0 Å². The highest BCUT2D eigenvalue weighted by atomic mass is 35.5. The number of thiazole rings is 1. The van der Waals surface area contributed by atoms with E-state index in [1.165, 1.54) is 47.7 Å². The number of carbonyl (C=O) groups is 1. The van der Waals surface area contributed by atoms with Crippen LogP contribution in [0.25, 0.3) is 10.2 Å². The van der Waals surface area contributed by atoms with Crippen molar-refractivity contribution >= 4 is 54.0 Å². The zero-order valence-electron chi connectivity index (χ0n) is 14.9. The normalized spacial score (nSPS) is 11.5. The molecule has 148 valence electrons. The Morgan fingerprint density at radius 1 is 1.14 bits per heavy atom. The Labute approximate surface area is 174 Å². The number of aromatic nitrogens is 1. The molecule has 0 fully saturated rings. The van der Waals surface area contributed by atoms with E-state index in [4.69, 9.17) is 20.8 Å². The molecular weight excluding hydrogens is 436 g/mol. The Balaban J connectivity index is 1.56. The number of halogens is 1. The zero-order chi connectivity index (χ0) is 20.6. The Bertz CT molecular complexity index is 1310. The average molecular weight is 449 g/mol. The second kappa shape index (κ2) is 7.51. The smallest absolute Gasteiger partial charge is 0.293 e. The third-order valence-electron chi connectivity index (χ3n) is 4.01. The minimum atomic E-state index is -3.90. The molecule has 2 heterocycles. The van der Waals surface area contributed by atoms with Gasteiger partial charge >= 0.3 is 0 Å². The van der Waals surface area contributed by atoms with E-state index in [1.54, 1.807) is 19.2 Å². The van der Waals surface area contributed by atoms with Crippen LogP contribution in [-0.4, -0.2) is 26.4 Å². The number of rotatable bonds is 5. The monoisotopic (exact) mass is 448 g/mol. The highest BCUT2D eigenvalue weighted by molar-refractivity contribution is 7.91. The molecule has 1 amide bonds. The number of hydrogen-bond acceptors (Lipinski definition) is 7. The number of sulfone groups is 1. The van der Waals surface area contributed by atoms with Gasteiger partial charge in [0.1, 0.15) is 5.75 Å². The predicted molar refractivity (Wildman–Crippen MR) is 110 cm³/mol. The lowest BCUT2D eigenvalue weighted by Gasteiger charge is -2.01. The zero-order valence-corrected chi connectivity index (χ0v) is 17.3. The molecule has 2 aromatic carbocycles. The van der Waals surface area contributed by atoms with Crippen LogP contribution in [0.4, 0.5) is 5.13 Å². The summed E-state index contributed by atoms with van der Waals surface area (Å²) in [5, 5.41) is 3.06. The largest absolute Gasteiger partial charge is 0.497 e. The molecule has 0 radical (unpaired) electrons. The van der Waals surface area contributed by atoms with Crippen molar-refractivity contribution in [2.75, 3.05) is 12.4 Å². The number of ether oxygens (including phenoxy) is 1. The summed E-state index contributed by atoms with van der Waals surface area (Å²) in [4.78, 5) is 16.8. The molecule has 0 atom stereocenters. The fourth-order valence-electron chi connectivity index (χ4n) is 2.56. The Morgan fingerprint density at radius 3 is 2.62 bits per heavy atom. The Morgan fingerprint density at radius 2 is 1.90 bits per heavy atom. The summed E-state index contributed by atoms with van der Waals surface area (Å²) >= 11 is 7.06. The van der Waals surface area contributed by atoms with E-state index in [1.807, 2.05) is 6.07 Å². The molecule has 0 bridgehead atoms. The molecule has 1 N–H and O–H groups in total. The lowest BCUT2D eigenvalue weighted by atomic mass is 10.3. The van der Waals surface area contributed by atoms with Gasteiger partial charge in [0.05, 0.1) is 22.2 Å². The molecule has 0 saturated carbocycles. The summed E-state index contributed by atoms with van der Waals surface area (Å²) in [6, 6.07) is 13.6. The van der Waals surface area contributed by atoms with Crippen LogP contribution in [-0.2, 0) is 9.84 Å². The van der Waals surface area contributed by atoms with Crippen LogP contribution < -0.4 is 10.1 Å². The van der Waals surface area contributed by atoms with Crippen LogP contribution in [0.15, 0.2) is 69.0 Å². The first-order valence-corrected chi connectivity index (χ1v) is 10.9. The highest BCUT2D eigenvalue weighted by Crippen LogP contribution is 2.30. The van der Waals surface area contributed by atoms with Crippen LogP contribution in [0.2, 0.25) is 5.02 Å². The molecule has 0 aliphatic rings. The first-order valence-electron chi connectivity index (χ1n) is 8.23. The summed E-state index contributed by atoms with van der Waals surface area (Å²) in [6.45, 7) is 0. The van der Waals surface area contributed by atoms with Gasteiger partial charge in [-0.05, 0) is 54.6 Å². The molecular formula is C19H13ClN2O5S2. The molecule has 4 rings (SSSR count). The van der Waals surface area contributed by atoms with E-state index in [-0.39, 0.29) is 15.7 Å². The fraction of sp³-hybridized carbons (Fsp3) is 0.0526. The second-order valence-corrected chi connectivity index (χ2v) is 9.23. The first kappa shape index (κ1) is 19.4. The van der Waals surface area contributed by atoms with Gasteiger partial charge in [-0.15, -0.1) is 0 Å². The van der Waals surface area contributed by atoms with E-state index in [0.29, 0.717) is 21.4 Å². The Hall–Kier alpha value is -2.88. The molecule has 2 aromatic heterocycles. The maximum atomic E-state index is 12.6. The number of methoxy groups -OCH3 is 1. The van der Waals surface area contributed by atoms with Crippen molar-refractivity contribution in [1.29, 1.82) is 0 Å². The van der Waals surface area contributed by atoms with Gasteiger partial charge in [0.15, 0.2) is 10.9 Å². The van der Waals surface area contributed by atoms with Crippen molar-refractivity contribution in [3.05, 3.63) is 65.4 Å². The standard InChI is InChI=1S/C19H13ClN2O5S2/c1-26-12-4-7-14-16(10-12)28-19(21-14)22-18(23)15-8-9-17(27-15)29(24,25)13-5-2-11(20)3-6-13/h2-10H,1H3,(H,21,22,23). The molecule has 10 heteroatoms. The van der Waals surface area contributed by atoms with Gasteiger partial charge < -0.3 is 9.15 Å². The number of nitrogens with zero attached hydrogens (tertiary/aromatic N) is 1. The van der Waals surface area contributed by atoms with Crippen molar-refractivity contribution in [2.45, 2.75) is 9.99 Å². The van der Waals surface area contributed by atoms with E-state index < -0.39 is 15.7 Å². The van der Waals surface area contributed by atoms with Crippen molar-refractivity contribution < 1.29 is 22.4 Å². The van der Waals surface area contributed by atoms with E-state index in [2.05, 4.69) is 10.3 Å². The van der Waals surface area contributed by atoms with Crippen molar-refractivity contribution in [3.8, 4) is 5.75 Å². The summed E-state index contributed by atoms with van der Waals surface area (Å²) in [5.74, 6) is -0.0648. The quantitative estimate of drug-likeness (QED) is 0.477. The lowest BCUT2D eigenvalue weighted by molar-refractivity contribution is 0.0991. The van der Waals surface area contributed by atoms with E-state index in [9.17, 15) is 13.2 Å². The van der Waals surface area contributed by atoms with E-state index in [0.717, 1.165) is 4.70 Å². The molecule has 0 saturated heterocycles. The predicted octanol–water partition coefficient (Wildman–Crippen LogP) is 4.64. The van der Waals surface area contributed by atoms with Crippen LogP contribution in [0.5, 0.6) is 5.75 Å². The molecule has 0 unspecified atom stereocenters. The van der Waals surface area contributed by atoms with Crippen LogP contribution in [0, 0.1) is 0 Å². The van der Waals surface area contributed by atoms with Crippen LogP contribution in [0.3, 0.4) is 0 Å². The summed E-state index contributed by atoms with van der Waals surface area (Å²) < 4.78 is 36.6. The van der Waals surface area contributed by atoms with Crippen LogP contribution >= 0.6 is 22.9 Å². The number of anilines is 1. The number of furan rings is 1. The van der Waals surface area contributed by atoms with Crippen molar-refractivity contribution in [1.82, 2.24) is 4.98 Å². The lowest BCUT2D eigenvalue weighted by Crippen LogP contribution is -2.10. The van der Waals surface area contributed by atoms with Gasteiger partial charge in [-0.1, -0.05) is 22.9 Å². The number of benzene rings is 2. The summed E-state index contributed by atoms with van der Waals surface area (Å²) in [5.41, 5.74) is 0.705. The topological polar surface area (TPSA) is 98.5 Å². The number of amides is 1. The number of hydrogen-bond donors (Lipinski definition) is 1. The molecule has 0 aliphatic carbocycles. The second-order valence-electron chi connectivity index (χ2n) is 5.88. The molecule has 0 aliphatic heterocycles. The van der Waals surface area contributed by atoms with Gasteiger partial charge in [0, 0.05) is 5.02 Å². The van der Waals surface area contributed by atoms with Gasteiger partial charge in [0.25, 0.3) is 5.91 Å². The minimum absolute atomic E-state index is 0.0170. The Kier molecular flexibility index (Phi) is 5.03. The molecule has 4 aromatic rings. The third kappa shape index (κ3) is 3.84. The van der Waals surface area contributed by atoms with Crippen molar-refractivity contribution in [3.63, 3.8) is 0 Å². The molecule has 7 nitrogen and oxygen atoms in total. The van der Waals surface area contributed by atoms with Gasteiger partial charge in [-0.3, -0.25) is 10.1 Å². The van der Waals surface area contributed by atoms with Gasteiger partial charge in [-0.25, -0.2) is 13.4 Å². The fourth-order valence-corrected chi connectivity index (χ4v) is 4.75. The van der Waals surface area contributed by atoms with Crippen LogP contribution in [0.1, 0.15) is 10.6 Å². The average Bonchev–Trinajstić information content (AvgIpc) is 3.35. The SMILES string of the molecule is COc1ccc2nc(NC(=O)c3ccc(S(=O)(=O)c4ccc(Cl)cc4)o3)sc2c1. The number of nitrogens with one attached hydrogen (secondary N) is 1. The molecule has 0 spiro atoms. The number of carbonyl (C=O) groups excluding carboxylic acids is 1. The third-order valence-corrected chi connectivity index (χ3v) is 6.84. The molecule has 29 heavy (non-hydrogen) atoms. The first-order chi connectivity index (χ1) is 13.9. The van der Waals surface area contributed by atoms with Gasteiger partial charge in [-0.2, -0.15) is 0 Å². The summed E-state index contributed by atoms with van der Waals surface area (Å²) in [6.07, 6.45) is 0. The summed E-state index contributed by atoms with van der Waals surface area (Å²) in [7, 11) is -2.33. The van der Waals surface area contributed by atoms with Crippen molar-refractivity contribution in [2.24, 2.45) is 0 Å². The maximum absolute atomic E-state index is 12.6. The maximum Gasteiger partial charge on any atom is 0.293 e. The van der Waals surface area contributed by atoms with Gasteiger partial charge in [0.2, 0.25) is 14.9 Å². The highest BCUT2D eigenvalue weighted by Gasteiger charge is 2.24. The number of fused-ring (bicyclic) bond motifs is 1.